The van der Waals surface area contributed by atoms with E-state index in [1.54, 1.807) is 0 Å². The maximum absolute atomic E-state index is 13.7. The number of benzene rings is 1. The van der Waals surface area contributed by atoms with E-state index >= 15 is 0 Å². The second-order valence-electron chi connectivity index (χ2n) is 3.60. The van der Waals surface area contributed by atoms with E-state index in [1.165, 1.54) is 13.2 Å². The predicted octanol–water partition coefficient (Wildman–Crippen LogP) is 0.230. The maximum Gasteiger partial charge on any atom is 0.182 e. The summed E-state index contributed by atoms with van der Waals surface area (Å²) in [5.41, 5.74) is 5.80. The summed E-state index contributed by atoms with van der Waals surface area (Å²) in [6.07, 6.45) is 0.888. The molecule has 5 nitrogen and oxygen atoms in total. The van der Waals surface area contributed by atoms with E-state index in [-0.39, 0.29) is 17.9 Å². The Morgan fingerprint density at radius 3 is 2.53 bits per heavy atom. The summed E-state index contributed by atoms with van der Waals surface area (Å²) in [5.74, 6) is -1.06. The lowest BCUT2D eigenvalue weighted by Gasteiger charge is -2.13. The van der Waals surface area contributed by atoms with Gasteiger partial charge >= 0.3 is 0 Å². The molecule has 7 heteroatoms. The van der Waals surface area contributed by atoms with Crippen molar-refractivity contribution in [2.75, 3.05) is 20.0 Å². The topological polar surface area (TPSA) is 89.6 Å². The molecule has 0 spiro atoms. The number of aliphatic hydroxyl groups excluding tert-OH is 1. The summed E-state index contributed by atoms with van der Waals surface area (Å²) in [6, 6.07) is 1.51. The monoisotopic (exact) mass is 263 g/mol. The molecule has 0 aliphatic heterocycles. The number of rotatable bonds is 4. The fourth-order valence-electron chi connectivity index (χ4n) is 1.42. The van der Waals surface area contributed by atoms with Crippen molar-refractivity contribution < 1.29 is 22.7 Å². The zero-order chi connectivity index (χ0) is 13.2. The van der Waals surface area contributed by atoms with Crippen LogP contribution in [0.1, 0.15) is 11.6 Å². The second-order valence-corrected chi connectivity index (χ2v) is 5.55. The zero-order valence-corrected chi connectivity index (χ0v) is 10.3. The molecule has 0 saturated heterocycles. The minimum Gasteiger partial charge on any atom is -0.495 e. The Hall–Kier alpha value is -1.18. The lowest BCUT2D eigenvalue weighted by atomic mass is 10.1. The molecule has 1 aromatic rings. The summed E-state index contributed by atoms with van der Waals surface area (Å²) >= 11 is 0. The molecule has 0 fully saturated rings. The molecule has 1 rings (SSSR count). The molecular weight excluding hydrogens is 249 g/mol. The van der Waals surface area contributed by atoms with E-state index < -0.39 is 26.6 Å². The van der Waals surface area contributed by atoms with Crippen molar-refractivity contribution in [2.45, 2.75) is 10.9 Å². The third-order valence-corrected chi connectivity index (χ3v) is 3.39. The van der Waals surface area contributed by atoms with E-state index in [1.807, 2.05) is 0 Å². The van der Waals surface area contributed by atoms with E-state index in [9.17, 15) is 12.8 Å². The Morgan fingerprint density at radius 2 is 2.12 bits per heavy atom. The first kappa shape index (κ1) is 13.9. The van der Waals surface area contributed by atoms with Crippen LogP contribution in [0, 0.1) is 5.82 Å². The van der Waals surface area contributed by atoms with Crippen molar-refractivity contribution in [2.24, 2.45) is 5.73 Å². The van der Waals surface area contributed by atoms with Gasteiger partial charge in [0.05, 0.1) is 19.8 Å². The molecule has 1 unspecified atom stereocenters. The standard InChI is InChI=1S/C10H14FNO4S/c1-16-9-4-6(8(12)5-13)3-7(11)10(9)17(2,14)15/h3-4,8,13H,5,12H2,1-2H3. The van der Waals surface area contributed by atoms with E-state index in [4.69, 9.17) is 15.6 Å². The van der Waals surface area contributed by atoms with E-state index in [2.05, 4.69) is 0 Å². The van der Waals surface area contributed by atoms with Gasteiger partial charge in [-0.25, -0.2) is 12.8 Å². The molecule has 96 valence electrons. The highest BCUT2D eigenvalue weighted by Crippen LogP contribution is 2.29. The molecule has 1 atom stereocenters. The summed E-state index contributed by atoms with van der Waals surface area (Å²) in [5, 5.41) is 8.87. The zero-order valence-electron chi connectivity index (χ0n) is 9.47. The van der Waals surface area contributed by atoms with Crippen LogP contribution in [0.2, 0.25) is 0 Å². The Balaban J connectivity index is 3.47. The Morgan fingerprint density at radius 1 is 1.53 bits per heavy atom. The fourth-order valence-corrected chi connectivity index (χ4v) is 2.34. The molecule has 3 N–H and O–H groups in total. The van der Waals surface area contributed by atoms with Gasteiger partial charge in [-0.1, -0.05) is 0 Å². The van der Waals surface area contributed by atoms with Crippen LogP contribution in [-0.4, -0.2) is 33.5 Å². The summed E-state index contributed by atoms with van der Waals surface area (Å²) < 4.78 is 41.3. The average molecular weight is 263 g/mol. The normalized spacial score (nSPS) is 13.5. The third kappa shape index (κ3) is 2.93. The lowest BCUT2D eigenvalue weighted by molar-refractivity contribution is 0.267. The third-order valence-electron chi connectivity index (χ3n) is 2.25. The van der Waals surface area contributed by atoms with Gasteiger partial charge in [0.2, 0.25) is 0 Å². The van der Waals surface area contributed by atoms with Gasteiger partial charge in [-0.2, -0.15) is 0 Å². The molecule has 0 aliphatic rings. The fraction of sp³-hybridized carbons (Fsp3) is 0.400. The predicted molar refractivity (Wildman–Crippen MR) is 60.1 cm³/mol. The van der Waals surface area contributed by atoms with Crippen LogP contribution in [0.4, 0.5) is 4.39 Å². The number of hydrogen-bond donors (Lipinski definition) is 2. The second kappa shape index (κ2) is 4.99. The van der Waals surface area contributed by atoms with Crippen molar-refractivity contribution in [3.63, 3.8) is 0 Å². The van der Waals surface area contributed by atoms with E-state index in [0.29, 0.717) is 0 Å². The summed E-state index contributed by atoms with van der Waals surface area (Å²) in [7, 11) is -2.49. The number of sulfone groups is 1. The van der Waals surface area contributed by atoms with Gasteiger partial charge in [0.1, 0.15) is 16.5 Å². The number of hydrogen-bond acceptors (Lipinski definition) is 5. The molecule has 0 amide bonds. The number of nitrogens with two attached hydrogens (primary N) is 1. The first-order valence-corrected chi connectivity index (χ1v) is 6.64. The Bertz CT molecular complexity index is 515. The highest BCUT2D eigenvalue weighted by atomic mass is 32.2. The molecular formula is C10H14FNO4S. The van der Waals surface area contributed by atoms with Gasteiger partial charge in [-0.15, -0.1) is 0 Å². The van der Waals surface area contributed by atoms with Crippen LogP contribution in [0.5, 0.6) is 5.75 Å². The molecule has 1 aromatic carbocycles. The SMILES string of the molecule is COc1cc(C(N)CO)cc(F)c1S(C)(=O)=O. The van der Waals surface area contributed by atoms with Crippen molar-refractivity contribution in [1.82, 2.24) is 0 Å². The molecule has 0 aromatic heterocycles. The summed E-state index contributed by atoms with van der Waals surface area (Å²) in [4.78, 5) is -0.506. The molecule has 0 heterocycles. The van der Waals surface area contributed by atoms with Gasteiger partial charge < -0.3 is 15.6 Å². The van der Waals surface area contributed by atoms with Crippen LogP contribution in [0.25, 0.3) is 0 Å². The van der Waals surface area contributed by atoms with Gasteiger partial charge in [0.25, 0.3) is 0 Å². The van der Waals surface area contributed by atoms with Crippen LogP contribution < -0.4 is 10.5 Å². The number of methoxy groups -OCH3 is 1. The Labute approximate surface area is 98.9 Å². The molecule has 0 bridgehead atoms. The first-order chi connectivity index (χ1) is 7.81. The lowest BCUT2D eigenvalue weighted by Crippen LogP contribution is -2.16. The molecule has 0 saturated carbocycles. The van der Waals surface area contributed by atoms with E-state index in [0.717, 1.165) is 12.3 Å². The first-order valence-electron chi connectivity index (χ1n) is 4.75. The molecule has 17 heavy (non-hydrogen) atoms. The smallest absolute Gasteiger partial charge is 0.182 e. The number of ether oxygens (including phenoxy) is 1. The minimum atomic E-state index is -3.73. The number of halogens is 1. The van der Waals surface area contributed by atoms with Crippen LogP contribution >= 0.6 is 0 Å². The van der Waals surface area contributed by atoms with Crippen molar-refractivity contribution in [3.8, 4) is 5.75 Å². The maximum atomic E-state index is 13.7. The minimum absolute atomic E-state index is 0.119. The van der Waals surface area contributed by atoms with Gasteiger partial charge in [0.15, 0.2) is 9.84 Å². The van der Waals surface area contributed by atoms with Crippen molar-refractivity contribution in [3.05, 3.63) is 23.5 Å². The number of aliphatic hydroxyl groups is 1. The van der Waals surface area contributed by atoms with Crippen LogP contribution in [-0.2, 0) is 9.84 Å². The summed E-state index contributed by atoms with van der Waals surface area (Å²) in [6.45, 7) is -0.374. The molecule has 0 radical (unpaired) electrons. The van der Waals surface area contributed by atoms with Crippen LogP contribution in [0.3, 0.4) is 0 Å². The highest BCUT2D eigenvalue weighted by molar-refractivity contribution is 7.90. The highest BCUT2D eigenvalue weighted by Gasteiger charge is 2.22. The average Bonchev–Trinajstić information content (AvgIpc) is 2.24. The van der Waals surface area contributed by atoms with Crippen molar-refractivity contribution in [1.29, 1.82) is 0 Å². The van der Waals surface area contributed by atoms with Gasteiger partial charge in [-0.3, -0.25) is 0 Å². The van der Waals surface area contributed by atoms with Crippen LogP contribution in [0.15, 0.2) is 17.0 Å². The van der Waals surface area contributed by atoms with Gasteiger partial charge in [-0.05, 0) is 17.7 Å². The Kier molecular flexibility index (Phi) is 4.07. The van der Waals surface area contributed by atoms with Crippen molar-refractivity contribution >= 4 is 9.84 Å². The quantitative estimate of drug-likeness (QED) is 0.811. The molecule has 0 aliphatic carbocycles. The largest absolute Gasteiger partial charge is 0.495 e. The van der Waals surface area contributed by atoms with Gasteiger partial charge in [0, 0.05) is 6.26 Å².